The first-order valence-corrected chi connectivity index (χ1v) is 12.6. The van der Waals surface area contributed by atoms with Crippen LogP contribution in [0.15, 0.2) is 47.4 Å². The maximum Gasteiger partial charge on any atom is 0.241 e. The summed E-state index contributed by atoms with van der Waals surface area (Å²) in [5.41, 5.74) is 0.637. The molecule has 2 aromatic carbocycles. The van der Waals surface area contributed by atoms with Crippen molar-refractivity contribution in [2.45, 2.75) is 24.8 Å². The number of sulfone groups is 1. The third-order valence-electron chi connectivity index (χ3n) is 4.47. The van der Waals surface area contributed by atoms with Crippen LogP contribution in [0.25, 0.3) is 0 Å². The number of sulfonamides is 1. The summed E-state index contributed by atoms with van der Waals surface area (Å²) in [6.45, 7) is 3.29. The Morgan fingerprint density at radius 3 is 2.13 bits per heavy atom. The van der Waals surface area contributed by atoms with Crippen LogP contribution < -0.4 is 18.9 Å². The molecule has 0 saturated carbocycles. The van der Waals surface area contributed by atoms with Gasteiger partial charge in [-0.15, -0.1) is 0 Å². The van der Waals surface area contributed by atoms with Crippen molar-refractivity contribution in [1.82, 2.24) is 4.72 Å². The molecule has 0 fully saturated rings. The van der Waals surface area contributed by atoms with E-state index in [4.69, 9.17) is 14.2 Å². The molecule has 0 aliphatic carbocycles. The zero-order valence-electron chi connectivity index (χ0n) is 17.4. The first kappa shape index (κ1) is 24.0. The molecule has 2 rings (SSSR count). The molecule has 0 aliphatic rings. The zero-order chi connectivity index (χ0) is 22.4. The summed E-state index contributed by atoms with van der Waals surface area (Å²) in [6.07, 6.45) is 0. The topological polar surface area (TPSA) is 108 Å². The summed E-state index contributed by atoms with van der Waals surface area (Å²) < 4.78 is 67.1. The fourth-order valence-corrected chi connectivity index (χ4v) is 4.54. The summed E-state index contributed by atoms with van der Waals surface area (Å²) in [6, 6.07) is 10.4. The molecular formula is C20H27NO7S2. The average Bonchev–Trinajstić information content (AvgIpc) is 2.73. The molecule has 0 saturated heterocycles. The first-order valence-electron chi connectivity index (χ1n) is 9.29. The summed E-state index contributed by atoms with van der Waals surface area (Å²) in [7, 11) is -3.90. The Kier molecular flexibility index (Phi) is 8.10. The Hall–Kier alpha value is -2.30. The Bertz CT molecular complexity index is 1050. The van der Waals surface area contributed by atoms with E-state index in [9.17, 15) is 16.8 Å². The minimum atomic E-state index is -3.81. The lowest BCUT2D eigenvalue weighted by molar-refractivity contribution is 0.340. The number of hydrogen-bond acceptors (Lipinski definition) is 7. The van der Waals surface area contributed by atoms with Crippen LogP contribution in [0.2, 0.25) is 0 Å². The fourth-order valence-electron chi connectivity index (χ4n) is 2.69. The summed E-state index contributed by atoms with van der Waals surface area (Å²) in [5, 5.41) is 0. The van der Waals surface area contributed by atoms with Gasteiger partial charge in [-0.2, -0.15) is 0 Å². The van der Waals surface area contributed by atoms with Crippen molar-refractivity contribution >= 4 is 19.9 Å². The Labute approximate surface area is 178 Å². The average molecular weight is 458 g/mol. The molecule has 8 nitrogen and oxygen atoms in total. The van der Waals surface area contributed by atoms with Gasteiger partial charge >= 0.3 is 0 Å². The highest BCUT2D eigenvalue weighted by Gasteiger charge is 2.21. The smallest absolute Gasteiger partial charge is 0.241 e. The molecule has 0 heterocycles. The normalized spacial score (nSPS) is 12.9. The van der Waals surface area contributed by atoms with E-state index in [1.807, 2.05) is 0 Å². The second-order valence-corrected chi connectivity index (χ2v) is 10.7. The minimum absolute atomic E-state index is 0.00713. The summed E-state index contributed by atoms with van der Waals surface area (Å²) in [5.74, 6) is 1.48. The van der Waals surface area contributed by atoms with E-state index >= 15 is 0 Å². The highest BCUT2D eigenvalue weighted by Crippen LogP contribution is 2.30. The minimum Gasteiger partial charge on any atom is -0.497 e. The van der Waals surface area contributed by atoms with Gasteiger partial charge in [0.25, 0.3) is 0 Å². The third kappa shape index (κ3) is 6.35. The van der Waals surface area contributed by atoms with E-state index in [0.29, 0.717) is 22.8 Å². The molecule has 0 aliphatic heterocycles. The van der Waals surface area contributed by atoms with Gasteiger partial charge in [0.05, 0.1) is 24.9 Å². The first-order chi connectivity index (χ1) is 14.1. The van der Waals surface area contributed by atoms with E-state index in [1.165, 1.54) is 38.5 Å². The van der Waals surface area contributed by atoms with Gasteiger partial charge in [-0.3, -0.25) is 0 Å². The van der Waals surface area contributed by atoms with Crippen LogP contribution in [-0.4, -0.2) is 49.2 Å². The standard InChI is InChI=1S/C20H27NO7S2/c1-5-29(22,23)13-12-28-16-6-9-18(10-7-16)30(24,25)21-15(2)19-14-17(26-3)8-11-20(19)27-4/h6-11,14-15,21H,5,12-13H2,1-4H3. The van der Waals surface area contributed by atoms with Crippen molar-refractivity contribution in [2.75, 3.05) is 32.3 Å². The maximum atomic E-state index is 12.8. The van der Waals surface area contributed by atoms with Crippen molar-refractivity contribution < 1.29 is 31.0 Å². The van der Waals surface area contributed by atoms with Gasteiger partial charge in [0, 0.05) is 17.4 Å². The summed E-state index contributed by atoms with van der Waals surface area (Å²) >= 11 is 0. The number of rotatable bonds is 11. The highest BCUT2D eigenvalue weighted by atomic mass is 32.2. The monoisotopic (exact) mass is 457 g/mol. The van der Waals surface area contributed by atoms with Crippen LogP contribution in [-0.2, 0) is 19.9 Å². The van der Waals surface area contributed by atoms with Gasteiger partial charge in [-0.1, -0.05) is 6.92 Å². The lowest BCUT2D eigenvalue weighted by atomic mass is 10.1. The van der Waals surface area contributed by atoms with Gasteiger partial charge in [0.2, 0.25) is 10.0 Å². The molecule has 166 valence electrons. The van der Waals surface area contributed by atoms with Gasteiger partial charge < -0.3 is 14.2 Å². The van der Waals surface area contributed by atoms with Crippen LogP contribution in [0.3, 0.4) is 0 Å². The zero-order valence-corrected chi connectivity index (χ0v) is 19.0. The predicted molar refractivity (Wildman–Crippen MR) is 115 cm³/mol. The molecule has 0 bridgehead atoms. The van der Waals surface area contributed by atoms with Crippen LogP contribution in [0.5, 0.6) is 17.2 Å². The van der Waals surface area contributed by atoms with Gasteiger partial charge in [-0.25, -0.2) is 21.6 Å². The van der Waals surface area contributed by atoms with Gasteiger partial charge in [0.1, 0.15) is 23.9 Å². The fraction of sp³-hybridized carbons (Fsp3) is 0.400. The van der Waals surface area contributed by atoms with Crippen molar-refractivity contribution in [3.8, 4) is 17.2 Å². The highest BCUT2D eigenvalue weighted by molar-refractivity contribution is 7.91. The van der Waals surface area contributed by atoms with E-state index in [2.05, 4.69) is 4.72 Å². The van der Waals surface area contributed by atoms with E-state index < -0.39 is 25.9 Å². The Morgan fingerprint density at radius 1 is 0.933 bits per heavy atom. The number of ether oxygens (including phenoxy) is 3. The molecule has 2 aromatic rings. The maximum absolute atomic E-state index is 12.8. The van der Waals surface area contributed by atoms with Crippen molar-refractivity contribution in [3.05, 3.63) is 48.0 Å². The molecule has 0 radical (unpaired) electrons. The molecule has 1 unspecified atom stereocenters. The predicted octanol–water partition coefficient (Wildman–Crippen LogP) is 2.56. The molecule has 10 heteroatoms. The van der Waals surface area contributed by atoms with Gasteiger partial charge in [-0.05, 0) is 49.4 Å². The van der Waals surface area contributed by atoms with Crippen LogP contribution in [0, 0.1) is 0 Å². The largest absolute Gasteiger partial charge is 0.497 e. The summed E-state index contributed by atoms with van der Waals surface area (Å²) in [4.78, 5) is 0.0599. The van der Waals surface area contributed by atoms with Crippen LogP contribution in [0.1, 0.15) is 25.5 Å². The number of hydrogen-bond donors (Lipinski definition) is 1. The number of methoxy groups -OCH3 is 2. The van der Waals surface area contributed by atoms with Crippen molar-refractivity contribution in [3.63, 3.8) is 0 Å². The number of nitrogens with one attached hydrogen (secondary N) is 1. The lowest BCUT2D eigenvalue weighted by Crippen LogP contribution is -2.27. The van der Waals surface area contributed by atoms with E-state index in [1.54, 1.807) is 32.0 Å². The van der Waals surface area contributed by atoms with E-state index in [0.717, 1.165) is 0 Å². The molecule has 0 amide bonds. The molecule has 1 N–H and O–H groups in total. The SMILES string of the molecule is CCS(=O)(=O)CCOc1ccc(S(=O)(=O)NC(C)c2cc(OC)ccc2OC)cc1. The second kappa shape index (κ2) is 10.1. The van der Waals surface area contributed by atoms with Crippen LogP contribution >= 0.6 is 0 Å². The molecular weight excluding hydrogens is 430 g/mol. The molecule has 1 atom stereocenters. The number of benzene rings is 2. The van der Waals surface area contributed by atoms with E-state index in [-0.39, 0.29) is 23.0 Å². The Balaban J connectivity index is 2.10. The molecule has 30 heavy (non-hydrogen) atoms. The third-order valence-corrected chi connectivity index (χ3v) is 7.70. The second-order valence-electron chi connectivity index (χ2n) is 6.51. The van der Waals surface area contributed by atoms with Crippen LogP contribution in [0.4, 0.5) is 0 Å². The van der Waals surface area contributed by atoms with Crippen molar-refractivity contribution in [2.24, 2.45) is 0 Å². The lowest BCUT2D eigenvalue weighted by Gasteiger charge is -2.18. The van der Waals surface area contributed by atoms with Gasteiger partial charge in [0.15, 0.2) is 9.84 Å². The molecule has 0 spiro atoms. The quantitative estimate of drug-likeness (QED) is 0.552. The Morgan fingerprint density at radius 2 is 1.57 bits per heavy atom. The molecule has 0 aromatic heterocycles. The van der Waals surface area contributed by atoms with Crippen molar-refractivity contribution in [1.29, 1.82) is 0 Å².